The van der Waals surface area contributed by atoms with Gasteiger partial charge < -0.3 is 10.2 Å². The van der Waals surface area contributed by atoms with Crippen LogP contribution in [0.1, 0.15) is 19.4 Å². The molecule has 0 aromatic heterocycles. The summed E-state index contributed by atoms with van der Waals surface area (Å²) in [5.74, 6) is 0.0280. The Hall–Kier alpha value is -2.08. The molecule has 128 valence electrons. The second-order valence-electron chi connectivity index (χ2n) is 6.30. The van der Waals surface area contributed by atoms with Crippen molar-refractivity contribution < 1.29 is 13.2 Å². The number of benzene rings is 2. The number of carbonyl (C=O) groups is 1. The highest BCUT2D eigenvalue weighted by Gasteiger charge is 2.37. The van der Waals surface area contributed by atoms with Gasteiger partial charge in [0, 0.05) is 19.1 Å². The van der Waals surface area contributed by atoms with E-state index in [-0.39, 0.29) is 24.4 Å². The average Bonchev–Trinajstić information content (AvgIpc) is 2.58. The molecule has 1 aliphatic heterocycles. The molecule has 0 saturated carbocycles. The Morgan fingerprint density at radius 2 is 1.88 bits per heavy atom. The predicted octanol–water partition coefficient (Wildman–Crippen LogP) is 2.56. The van der Waals surface area contributed by atoms with Gasteiger partial charge in [-0.25, -0.2) is 13.2 Å². The number of nitrogens with one attached hydrogen (secondary N) is 1. The Morgan fingerprint density at radius 1 is 1.17 bits per heavy atom. The number of sulfone groups is 1. The Kier molecular flexibility index (Phi) is 4.49. The van der Waals surface area contributed by atoms with Gasteiger partial charge in [0.15, 0.2) is 9.84 Å². The molecule has 0 aliphatic carbocycles. The lowest BCUT2D eigenvalue weighted by Crippen LogP contribution is -2.56. The van der Waals surface area contributed by atoms with Gasteiger partial charge in [-0.15, -0.1) is 0 Å². The first-order valence-electron chi connectivity index (χ1n) is 8.13. The van der Waals surface area contributed by atoms with Crippen molar-refractivity contribution in [3.63, 3.8) is 0 Å². The van der Waals surface area contributed by atoms with Crippen molar-refractivity contribution in [1.82, 2.24) is 10.2 Å². The number of nitrogens with zero attached hydrogens (tertiary/aromatic N) is 1. The molecule has 24 heavy (non-hydrogen) atoms. The molecule has 2 aromatic rings. The zero-order chi connectivity index (χ0) is 17.3. The van der Waals surface area contributed by atoms with Crippen LogP contribution in [-0.2, 0) is 16.4 Å². The number of amides is 2. The molecule has 2 unspecified atom stereocenters. The van der Waals surface area contributed by atoms with E-state index in [0.29, 0.717) is 6.54 Å². The minimum atomic E-state index is -3.09. The molecule has 1 N–H and O–H groups in total. The fourth-order valence-electron chi connectivity index (χ4n) is 3.17. The van der Waals surface area contributed by atoms with Crippen molar-refractivity contribution in [2.24, 2.45) is 0 Å². The molecule has 0 spiro atoms. The van der Waals surface area contributed by atoms with Crippen LogP contribution >= 0.6 is 0 Å². The van der Waals surface area contributed by atoms with E-state index in [1.165, 1.54) is 0 Å². The van der Waals surface area contributed by atoms with E-state index >= 15 is 0 Å². The Bertz CT molecular complexity index is 858. The zero-order valence-corrected chi connectivity index (χ0v) is 14.7. The van der Waals surface area contributed by atoms with Crippen molar-refractivity contribution in [2.75, 3.05) is 12.3 Å². The maximum absolute atomic E-state index is 12.5. The van der Waals surface area contributed by atoms with Crippen molar-refractivity contribution in [1.29, 1.82) is 0 Å². The summed E-state index contributed by atoms with van der Waals surface area (Å²) in [4.78, 5) is 14.1. The molecule has 1 aliphatic rings. The van der Waals surface area contributed by atoms with Crippen molar-refractivity contribution in [3.05, 3.63) is 48.0 Å². The second kappa shape index (κ2) is 6.43. The molecule has 0 radical (unpaired) electrons. The fourth-order valence-corrected chi connectivity index (χ4v) is 4.74. The van der Waals surface area contributed by atoms with E-state index in [0.717, 1.165) is 16.3 Å². The molecule has 2 amide bonds. The molecule has 2 atom stereocenters. The lowest BCUT2D eigenvalue weighted by atomic mass is 10.0. The topological polar surface area (TPSA) is 66.5 Å². The highest BCUT2D eigenvalue weighted by molar-refractivity contribution is 7.92. The van der Waals surface area contributed by atoms with Gasteiger partial charge in [0.2, 0.25) is 0 Å². The van der Waals surface area contributed by atoms with Gasteiger partial charge in [-0.1, -0.05) is 42.5 Å². The largest absolute Gasteiger partial charge is 0.334 e. The normalized spacial score (nSPS) is 23.2. The highest BCUT2D eigenvalue weighted by Crippen LogP contribution is 2.21. The fraction of sp³-hybridized carbons (Fsp3) is 0.389. The van der Waals surface area contributed by atoms with Crippen LogP contribution in [0.15, 0.2) is 42.5 Å². The van der Waals surface area contributed by atoms with Gasteiger partial charge in [-0.2, -0.15) is 0 Å². The maximum Gasteiger partial charge on any atom is 0.317 e. The lowest BCUT2D eigenvalue weighted by molar-refractivity contribution is 0.177. The molecule has 0 bridgehead atoms. The first kappa shape index (κ1) is 16.8. The quantitative estimate of drug-likeness (QED) is 0.909. The van der Waals surface area contributed by atoms with Gasteiger partial charge in [0.25, 0.3) is 0 Å². The summed E-state index contributed by atoms with van der Waals surface area (Å²) in [5.41, 5.74) is 1.05. The van der Waals surface area contributed by atoms with Gasteiger partial charge in [-0.05, 0) is 30.2 Å². The third-order valence-electron chi connectivity index (χ3n) is 4.92. The van der Waals surface area contributed by atoms with E-state index in [1.807, 2.05) is 42.5 Å². The van der Waals surface area contributed by atoms with Gasteiger partial charge >= 0.3 is 6.03 Å². The van der Waals surface area contributed by atoms with Crippen LogP contribution < -0.4 is 5.32 Å². The predicted molar refractivity (Wildman–Crippen MR) is 95.6 cm³/mol. The molecular weight excluding hydrogens is 324 g/mol. The van der Waals surface area contributed by atoms with E-state index in [1.54, 1.807) is 18.7 Å². The van der Waals surface area contributed by atoms with Crippen LogP contribution in [0.5, 0.6) is 0 Å². The Labute approximate surface area is 142 Å². The number of rotatable bonds is 2. The smallest absolute Gasteiger partial charge is 0.317 e. The molecule has 1 fully saturated rings. The summed E-state index contributed by atoms with van der Waals surface area (Å²) in [7, 11) is -3.09. The number of hydrogen-bond acceptors (Lipinski definition) is 3. The van der Waals surface area contributed by atoms with Crippen molar-refractivity contribution >= 4 is 26.6 Å². The number of carbonyl (C=O) groups excluding carboxylic acids is 1. The standard InChI is InChI=1S/C18H22N2O3S/c1-13-14(2)24(22,23)11-10-20(13)18(21)19-12-16-8-5-7-15-6-3-4-9-17(15)16/h3-9,13-14H,10-12H2,1-2H3,(H,19,21). The summed E-state index contributed by atoms with van der Waals surface area (Å²) >= 11 is 0. The van der Waals surface area contributed by atoms with E-state index in [2.05, 4.69) is 5.32 Å². The number of hydrogen-bond donors (Lipinski definition) is 1. The average molecular weight is 346 g/mol. The van der Waals surface area contributed by atoms with E-state index < -0.39 is 15.1 Å². The molecule has 3 rings (SSSR count). The summed E-state index contributed by atoms with van der Waals surface area (Å²) in [6, 6.07) is 13.5. The lowest BCUT2D eigenvalue weighted by Gasteiger charge is -2.37. The molecular formula is C18H22N2O3S. The summed E-state index contributed by atoms with van der Waals surface area (Å²) < 4.78 is 23.9. The van der Waals surface area contributed by atoms with Gasteiger partial charge in [0.1, 0.15) is 0 Å². The highest BCUT2D eigenvalue weighted by atomic mass is 32.2. The van der Waals surface area contributed by atoms with E-state index in [9.17, 15) is 13.2 Å². The third-order valence-corrected chi connectivity index (χ3v) is 7.20. The molecule has 6 heteroatoms. The van der Waals surface area contributed by atoms with Crippen LogP contribution in [-0.4, -0.2) is 42.9 Å². The molecule has 5 nitrogen and oxygen atoms in total. The SMILES string of the molecule is CC1C(C)S(=O)(=O)CCN1C(=O)NCc1cccc2ccccc12. The van der Waals surface area contributed by atoms with Crippen LogP contribution in [0.4, 0.5) is 4.79 Å². The molecule has 1 heterocycles. The van der Waals surface area contributed by atoms with Gasteiger partial charge in [-0.3, -0.25) is 0 Å². The first-order chi connectivity index (χ1) is 11.4. The monoisotopic (exact) mass is 346 g/mol. The summed E-state index contributed by atoms with van der Waals surface area (Å²) in [6.45, 7) is 4.13. The van der Waals surface area contributed by atoms with Crippen molar-refractivity contribution in [3.8, 4) is 0 Å². The minimum Gasteiger partial charge on any atom is -0.334 e. The second-order valence-corrected chi connectivity index (χ2v) is 8.78. The number of urea groups is 1. The zero-order valence-electron chi connectivity index (χ0n) is 13.9. The van der Waals surface area contributed by atoms with E-state index in [4.69, 9.17) is 0 Å². The van der Waals surface area contributed by atoms with Crippen molar-refractivity contribution in [2.45, 2.75) is 31.7 Å². The summed E-state index contributed by atoms with van der Waals surface area (Å²) in [6.07, 6.45) is 0. The Morgan fingerprint density at radius 3 is 2.67 bits per heavy atom. The summed E-state index contributed by atoms with van der Waals surface area (Å²) in [5, 5.41) is 4.65. The first-order valence-corrected chi connectivity index (χ1v) is 9.84. The third kappa shape index (κ3) is 3.11. The van der Waals surface area contributed by atoms with Crippen LogP contribution in [0.3, 0.4) is 0 Å². The Balaban J connectivity index is 1.71. The molecule has 1 saturated heterocycles. The number of fused-ring (bicyclic) bond motifs is 1. The van der Waals surface area contributed by atoms with Gasteiger partial charge in [0.05, 0.1) is 11.0 Å². The maximum atomic E-state index is 12.5. The van der Waals surface area contributed by atoms with Crippen LogP contribution in [0.25, 0.3) is 10.8 Å². The van der Waals surface area contributed by atoms with Crippen LogP contribution in [0, 0.1) is 0 Å². The molecule has 2 aromatic carbocycles. The minimum absolute atomic E-state index is 0.0280. The van der Waals surface area contributed by atoms with Crippen LogP contribution in [0.2, 0.25) is 0 Å².